The first-order chi connectivity index (χ1) is 9.84. The van der Waals surface area contributed by atoms with E-state index in [1.165, 1.54) is 6.20 Å². The third kappa shape index (κ3) is 2.70. The van der Waals surface area contributed by atoms with Gasteiger partial charge in [-0.25, -0.2) is 4.98 Å². The van der Waals surface area contributed by atoms with Crippen LogP contribution in [-0.2, 0) is 0 Å². The number of amides is 1. The summed E-state index contributed by atoms with van der Waals surface area (Å²) < 4.78 is 2.06. The molecular formula is C14H17N5O. The Labute approximate surface area is 117 Å². The number of carbonyl (C=O) groups excluding carboxylic acids is 1. The van der Waals surface area contributed by atoms with Crippen LogP contribution in [0.1, 0.15) is 29.4 Å². The van der Waals surface area contributed by atoms with Gasteiger partial charge in [-0.15, -0.1) is 0 Å². The lowest BCUT2D eigenvalue weighted by Gasteiger charge is -2.25. The maximum Gasteiger partial charge on any atom is 0.273 e. The summed E-state index contributed by atoms with van der Waals surface area (Å²) in [5.74, 6) is 0.324. The van der Waals surface area contributed by atoms with Crippen molar-refractivity contribution >= 4 is 11.7 Å². The monoisotopic (exact) mass is 271 g/mol. The topological polar surface area (TPSA) is 71.8 Å². The van der Waals surface area contributed by atoms with E-state index in [1.807, 2.05) is 18.3 Å². The van der Waals surface area contributed by atoms with Crippen molar-refractivity contribution in [3.63, 3.8) is 0 Å². The quantitative estimate of drug-likeness (QED) is 0.886. The fraction of sp³-hybridized carbons (Fsp3) is 0.357. The molecule has 0 atom stereocenters. The van der Waals surface area contributed by atoms with Crippen LogP contribution in [0.2, 0.25) is 0 Å². The Bertz CT molecular complexity index is 574. The van der Waals surface area contributed by atoms with E-state index in [4.69, 9.17) is 0 Å². The summed E-state index contributed by atoms with van der Waals surface area (Å²) in [6.07, 6.45) is 8.73. The minimum Gasteiger partial charge on any atom is -0.340 e. The van der Waals surface area contributed by atoms with Gasteiger partial charge in [0.05, 0.1) is 6.20 Å². The van der Waals surface area contributed by atoms with Crippen molar-refractivity contribution in [1.82, 2.24) is 19.9 Å². The molecule has 2 aromatic rings. The molecular weight excluding hydrogens is 254 g/mol. The summed E-state index contributed by atoms with van der Waals surface area (Å²) in [5, 5.41) is 6.11. The highest BCUT2D eigenvalue weighted by Crippen LogP contribution is 2.21. The second-order valence-electron chi connectivity index (χ2n) is 4.83. The van der Waals surface area contributed by atoms with Gasteiger partial charge in [-0.05, 0) is 38.1 Å². The highest BCUT2D eigenvalue weighted by molar-refractivity contribution is 6.02. The second kappa shape index (κ2) is 5.83. The Hall–Kier alpha value is -2.21. The number of rotatable bonds is 3. The number of nitrogens with one attached hydrogen (secondary N) is 2. The van der Waals surface area contributed by atoms with Gasteiger partial charge in [0.2, 0.25) is 0 Å². The molecule has 2 N–H and O–H groups in total. The van der Waals surface area contributed by atoms with E-state index in [1.54, 1.807) is 12.4 Å². The molecule has 6 heteroatoms. The lowest BCUT2D eigenvalue weighted by molar-refractivity contribution is 0.101. The molecule has 0 aliphatic carbocycles. The van der Waals surface area contributed by atoms with Gasteiger partial charge in [-0.2, -0.15) is 0 Å². The molecule has 0 spiro atoms. The number of nitrogens with zero attached hydrogens (tertiary/aromatic N) is 3. The van der Waals surface area contributed by atoms with E-state index >= 15 is 0 Å². The summed E-state index contributed by atoms with van der Waals surface area (Å²) in [6, 6.07) is 4.13. The highest BCUT2D eigenvalue weighted by Gasteiger charge is 2.20. The van der Waals surface area contributed by atoms with E-state index in [2.05, 4.69) is 25.2 Å². The molecule has 3 rings (SSSR count). The summed E-state index contributed by atoms with van der Waals surface area (Å²) >= 11 is 0. The fourth-order valence-electron chi connectivity index (χ4n) is 2.53. The first-order valence-corrected chi connectivity index (χ1v) is 6.79. The first kappa shape index (κ1) is 12.8. The van der Waals surface area contributed by atoms with Crippen molar-refractivity contribution < 1.29 is 4.79 Å². The third-order valence-corrected chi connectivity index (χ3v) is 3.52. The van der Waals surface area contributed by atoms with Crippen LogP contribution in [0.3, 0.4) is 0 Å². The van der Waals surface area contributed by atoms with Gasteiger partial charge in [0.1, 0.15) is 5.69 Å². The summed E-state index contributed by atoms with van der Waals surface area (Å²) in [7, 11) is 0. The number of piperidine rings is 1. The maximum absolute atomic E-state index is 12.3. The number of hydrogen-bond acceptors (Lipinski definition) is 4. The summed E-state index contributed by atoms with van der Waals surface area (Å²) in [5.41, 5.74) is 0.669. The zero-order valence-electron chi connectivity index (χ0n) is 11.1. The Morgan fingerprint density at radius 3 is 2.95 bits per heavy atom. The predicted octanol–water partition coefficient (Wildman–Crippen LogP) is 1.45. The van der Waals surface area contributed by atoms with E-state index in [0.29, 0.717) is 17.6 Å². The lowest BCUT2D eigenvalue weighted by Crippen LogP contribution is -2.31. The van der Waals surface area contributed by atoms with Gasteiger partial charge in [-0.1, -0.05) is 0 Å². The van der Waals surface area contributed by atoms with E-state index < -0.39 is 0 Å². The van der Waals surface area contributed by atoms with Gasteiger partial charge in [0.15, 0.2) is 5.82 Å². The Morgan fingerprint density at radius 2 is 2.20 bits per heavy atom. The van der Waals surface area contributed by atoms with Crippen molar-refractivity contribution in [2.75, 3.05) is 18.4 Å². The van der Waals surface area contributed by atoms with Gasteiger partial charge in [0, 0.05) is 24.6 Å². The molecule has 6 nitrogen and oxygen atoms in total. The van der Waals surface area contributed by atoms with Gasteiger partial charge in [0.25, 0.3) is 5.91 Å². The maximum atomic E-state index is 12.3. The SMILES string of the molecule is O=C(Nc1cnccn1)c1cccn1C1CCNCC1. The van der Waals surface area contributed by atoms with Crippen LogP contribution < -0.4 is 10.6 Å². The number of carbonyl (C=O) groups is 1. The normalized spacial score (nSPS) is 16.0. The van der Waals surface area contributed by atoms with Crippen LogP contribution in [-0.4, -0.2) is 33.5 Å². The smallest absolute Gasteiger partial charge is 0.273 e. The minimum absolute atomic E-state index is 0.144. The summed E-state index contributed by atoms with van der Waals surface area (Å²) in [4.78, 5) is 20.3. The van der Waals surface area contributed by atoms with Crippen LogP contribution in [0.15, 0.2) is 36.9 Å². The zero-order chi connectivity index (χ0) is 13.8. The van der Waals surface area contributed by atoms with Gasteiger partial charge in [-0.3, -0.25) is 9.78 Å². The van der Waals surface area contributed by atoms with Crippen LogP contribution in [0.25, 0.3) is 0 Å². The molecule has 1 amide bonds. The van der Waals surface area contributed by atoms with Gasteiger partial charge >= 0.3 is 0 Å². The number of aromatic nitrogens is 3. The molecule has 0 radical (unpaired) electrons. The lowest BCUT2D eigenvalue weighted by atomic mass is 10.1. The van der Waals surface area contributed by atoms with E-state index in [0.717, 1.165) is 25.9 Å². The zero-order valence-corrected chi connectivity index (χ0v) is 11.1. The van der Waals surface area contributed by atoms with Crippen LogP contribution in [0.4, 0.5) is 5.82 Å². The summed E-state index contributed by atoms with van der Waals surface area (Å²) in [6.45, 7) is 1.99. The van der Waals surface area contributed by atoms with E-state index in [9.17, 15) is 4.79 Å². The van der Waals surface area contributed by atoms with Crippen molar-refractivity contribution in [2.45, 2.75) is 18.9 Å². The molecule has 1 aliphatic heterocycles. The van der Waals surface area contributed by atoms with Crippen molar-refractivity contribution in [2.24, 2.45) is 0 Å². The molecule has 1 saturated heterocycles. The largest absolute Gasteiger partial charge is 0.340 e. The Morgan fingerprint density at radius 1 is 1.35 bits per heavy atom. The van der Waals surface area contributed by atoms with Crippen LogP contribution in [0, 0.1) is 0 Å². The molecule has 0 bridgehead atoms. The molecule has 2 aromatic heterocycles. The molecule has 104 valence electrons. The van der Waals surface area contributed by atoms with Gasteiger partial charge < -0.3 is 15.2 Å². The fourth-order valence-corrected chi connectivity index (χ4v) is 2.53. The van der Waals surface area contributed by atoms with Crippen molar-refractivity contribution in [3.8, 4) is 0 Å². The van der Waals surface area contributed by atoms with Crippen molar-refractivity contribution in [1.29, 1.82) is 0 Å². The van der Waals surface area contributed by atoms with Crippen LogP contribution >= 0.6 is 0 Å². The molecule has 0 aromatic carbocycles. The number of hydrogen-bond donors (Lipinski definition) is 2. The molecule has 20 heavy (non-hydrogen) atoms. The molecule has 1 fully saturated rings. The van der Waals surface area contributed by atoms with Crippen LogP contribution in [0.5, 0.6) is 0 Å². The average Bonchev–Trinajstić information content (AvgIpc) is 2.99. The Balaban J connectivity index is 1.77. The average molecular weight is 271 g/mol. The highest BCUT2D eigenvalue weighted by atomic mass is 16.2. The van der Waals surface area contributed by atoms with E-state index in [-0.39, 0.29) is 5.91 Å². The standard InChI is InChI=1S/C14H17N5O/c20-14(18-13-10-16-7-8-17-13)12-2-1-9-19(12)11-3-5-15-6-4-11/h1-2,7-11,15H,3-6H2,(H,17,18,20). The Kier molecular flexibility index (Phi) is 3.73. The molecule has 3 heterocycles. The predicted molar refractivity (Wildman–Crippen MR) is 75.6 cm³/mol. The molecule has 0 saturated carbocycles. The molecule has 1 aliphatic rings. The third-order valence-electron chi connectivity index (χ3n) is 3.52. The first-order valence-electron chi connectivity index (χ1n) is 6.79. The second-order valence-corrected chi connectivity index (χ2v) is 4.83. The number of anilines is 1. The minimum atomic E-state index is -0.144. The molecule has 0 unspecified atom stereocenters. The van der Waals surface area contributed by atoms with Crippen molar-refractivity contribution in [3.05, 3.63) is 42.6 Å².